The number of aryl methyl sites for hydroxylation is 1. The molecule has 0 saturated carbocycles. The molecular weight excluding hydrogens is 491 g/mol. The van der Waals surface area contributed by atoms with Gasteiger partial charge in [0.05, 0.1) is 18.9 Å². The minimum atomic E-state index is -3.12. The van der Waals surface area contributed by atoms with Crippen LogP contribution in [0.25, 0.3) is 0 Å². The van der Waals surface area contributed by atoms with Gasteiger partial charge in [0.25, 0.3) is 0 Å². The van der Waals surface area contributed by atoms with E-state index in [4.69, 9.17) is 4.74 Å². The van der Waals surface area contributed by atoms with E-state index in [0.29, 0.717) is 19.7 Å². The molecule has 1 saturated heterocycles. The number of hydrogen-bond acceptors (Lipinski definition) is 4. The third kappa shape index (κ3) is 6.85. The second-order valence-corrected chi connectivity index (χ2v) is 9.08. The Kier molecular flexibility index (Phi) is 10.7. The summed E-state index contributed by atoms with van der Waals surface area (Å²) in [5.74, 6) is 0.963. The van der Waals surface area contributed by atoms with Crippen molar-refractivity contribution in [2.24, 2.45) is 4.99 Å². The number of nitrogens with zero attached hydrogens (tertiary/aromatic N) is 3. The molecule has 1 fully saturated rings. The Bertz CT molecular complexity index is 742. The first kappa shape index (κ1) is 25.1. The molecule has 7 nitrogen and oxygen atoms in total. The monoisotopic (exact) mass is 524 g/mol. The second kappa shape index (κ2) is 11.9. The van der Waals surface area contributed by atoms with Gasteiger partial charge in [-0.25, -0.2) is 12.7 Å². The minimum Gasteiger partial charge on any atom is -0.370 e. The van der Waals surface area contributed by atoms with Crippen molar-refractivity contribution in [2.75, 3.05) is 52.6 Å². The van der Waals surface area contributed by atoms with Crippen LogP contribution < -0.4 is 5.32 Å². The van der Waals surface area contributed by atoms with E-state index in [-0.39, 0.29) is 35.8 Å². The summed E-state index contributed by atoms with van der Waals surface area (Å²) in [4.78, 5) is 6.59. The zero-order chi connectivity index (χ0) is 19.9. The van der Waals surface area contributed by atoms with Crippen molar-refractivity contribution >= 4 is 40.0 Å². The van der Waals surface area contributed by atoms with Crippen LogP contribution in [0.4, 0.5) is 0 Å². The molecule has 0 aromatic heterocycles. The molecule has 0 bridgehead atoms. The van der Waals surface area contributed by atoms with Gasteiger partial charge in [-0.15, -0.1) is 24.0 Å². The summed E-state index contributed by atoms with van der Waals surface area (Å²) in [5, 5.41) is 3.35. The number of benzene rings is 1. The molecule has 1 aliphatic heterocycles. The van der Waals surface area contributed by atoms with Crippen molar-refractivity contribution in [1.82, 2.24) is 14.5 Å². The molecule has 1 aliphatic rings. The topological polar surface area (TPSA) is 74.2 Å². The maximum absolute atomic E-state index is 11.8. The van der Waals surface area contributed by atoms with Crippen molar-refractivity contribution in [1.29, 1.82) is 0 Å². The number of morpholine rings is 1. The molecule has 1 aromatic carbocycles. The fourth-order valence-electron chi connectivity index (χ4n) is 3.17. The Morgan fingerprint density at radius 1 is 1.39 bits per heavy atom. The molecule has 0 radical (unpaired) electrons. The van der Waals surface area contributed by atoms with Crippen molar-refractivity contribution in [3.63, 3.8) is 0 Å². The summed E-state index contributed by atoms with van der Waals surface area (Å²) in [5.41, 5.74) is 2.44. The van der Waals surface area contributed by atoms with E-state index in [0.717, 1.165) is 25.5 Å². The van der Waals surface area contributed by atoms with Crippen molar-refractivity contribution < 1.29 is 13.2 Å². The van der Waals surface area contributed by atoms with Gasteiger partial charge < -0.3 is 15.0 Å². The van der Waals surface area contributed by atoms with Gasteiger partial charge in [-0.2, -0.15) is 0 Å². The van der Waals surface area contributed by atoms with E-state index in [9.17, 15) is 8.42 Å². The number of rotatable bonds is 7. The Morgan fingerprint density at radius 2 is 2.11 bits per heavy atom. The molecule has 0 amide bonds. The van der Waals surface area contributed by atoms with Gasteiger partial charge in [-0.3, -0.25) is 4.99 Å². The van der Waals surface area contributed by atoms with Crippen LogP contribution in [0.3, 0.4) is 0 Å². The Balaban J connectivity index is 0.00000392. The molecule has 1 atom stereocenters. The fraction of sp³-hybridized carbons (Fsp3) is 0.632. The molecule has 0 aliphatic carbocycles. The summed E-state index contributed by atoms with van der Waals surface area (Å²) >= 11 is 0. The molecule has 1 heterocycles. The van der Waals surface area contributed by atoms with E-state index >= 15 is 0 Å². The quantitative estimate of drug-likeness (QED) is 0.257. The molecular formula is C19H33IN4O3S. The van der Waals surface area contributed by atoms with Crippen LogP contribution in [0.1, 0.15) is 30.6 Å². The maximum Gasteiger partial charge on any atom is 0.213 e. The molecule has 1 unspecified atom stereocenters. The van der Waals surface area contributed by atoms with Gasteiger partial charge in [0.15, 0.2) is 5.96 Å². The third-order valence-electron chi connectivity index (χ3n) is 4.89. The lowest BCUT2D eigenvalue weighted by molar-refractivity contribution is -0.00830. The van der Waals surface area contributed by atoms with E-state index in [1.54, 1.807) is 21.0 Å². The summed E-state index contributed by atoms with van der Waals surface area (Å²) in [6.07, 6.45) is 0.750. The Hall–Kier alpha value is -0.910. The number of halogens is 1. The number of nitrogens with one attached hydrogen (secondary N) is 1. The van der Waals surface area contributed by atoms with Crippen LogP contribution in [-0.4, -0.2) is 76.2 Å². The van der Waals surface area contributed by atoms with E-state index in [1.807, 2.05) is 12.1 Å². The number of aliphatic imine (C=N–C) groups is 1. The van der Waals surface area contributed by atoms with Crippen molar-refractivity contribution in [2.45, 2.75) is 26.4 Å². The normalized spacial score (nSPS) is 18.1. The standard InChI is InChI=1S/C19H32N4O3S.HI/c1-5-27(24,25)22(4)12-8-11-21-19(20-3)23-13-14-26-18(15-23)17-10-7-6-9-16(17)2;/h6-7,9-10,18H,5,8,11-15H2,1-4H3,(H,20,21);1H. The molecule has 1 aromatic rings. The molecule has 160 valence electrons. The molecule has 9 heteroatoms. The van der Waals surface area contributed by atoms with Crippen molar-refractivity contribution in [3.8, 4) is 0 Å². The van der Waals surface area contributed by atoms with Gasteiger partial charge in [-0.05, 0) is 31.4 Å². The highest BCUT2D eigenvalue weighted by molar-refractivity contribution is 14.0. The largest absolute Gasteiger partial charge is 0.370 e. The lowest BCUT2D eigenvalue weighted by atomic mass is 10.0. The summed E-state index contributed by atoms with van der Waals surface area (Å²) < 4.78 is 31.0. The Morgan fingerprint density at radius 3 is 2.75 bits per heavy atom. The first-order valence-corrected chi connectivity index (χ1v) is 11.1. The molecule has 1 N–H and O–H groups in total. The zero-order valence-electron chi connectivity index (χ0n) is 17.2. The zero-order valence-corrected chi connectivity index (χ0v) is 20.4. The average Bonchev–Trinajstić information content (AvgIpc) is 2.68. The number of hydrogen-bond donors (Lipinski definition) is 1. The lowest BCUT2D eigenvalue weighted by Gasteiger charge is -2.35. The predicted molar refractivity (Wildman–Crippen MR) is 125 cm³/mol. The summed E-state index contributed by atoms with van der Waals surface area (Å²) in [7, 11) is 0.281. The number of sulfonamides is 1. The van der Waals surface area contributed by atoms with Crippen LogP contribution in [0.5, 0.6) is 0 Å². The van der Waals surface area contributed by atoms with Crippen LogP contribution in [0.15, 0.2) is 29.3 Å². The molecule has 28 heavy (non-hydrogen) atoms. The van der Waals surface area contributed by atoms with E-state index < -0.39 is 10.0 Å². The third-order valence-corrected chi connectivity index (χ3v) is 6.75. The fourth-order valence-corrected chi connectivity index (χ4v) is 4.02. The minimum absolute atomic E-state index is 0. The van der Waals surface area contributed by atoms with Gasteiger partial charge >= 0.3 is 0 Å². The first-order valence-electron chi connectivity index (χ1n) is 9.45. The van der Waals surface area contributed by atoms with Crippen molar-refractivity contribution in [3.05, 3.63) is 35.4 Å². The lowest BCUT2D eigenvalue weighted by Crippen LogP contribution is -2.48. The smallest absolute Gasteiger partial charge is 0.213 e. The van der Waals surface area contributed by atoms with Gasteiger partial charge in [0, 0.05) is 33.7 Å². The maximum atomic E-state index is 11.8. The molecule has 0 spiro atoms. The average molecular weight is 524 g/mol. The van der Waals surface area contributed by atoms with E-state index in [2.05, 4.69) is 34.3 Å². The number of guanidine groups is 1. The summed E-state index contributed by atoms with van der Waals surface area (Å²) in [6.45, 7) is 7.11. The molecule has 2 rings (SSSR count). The van der Waals surface area contributed by atoms with Crippen LogP contribution in [0, 0.1) is 6.92 Å². The van der Waals surface area contributed by atoms with Crippen LogP contribution >= 0.6 is 24.0 Å². The van der Waals surface area contributed by atoms with Gasteiger partial charge in [-0.1, -0.05) is 24.3 Å². The van der Waals surface area contributed by atoms with Crippen LogP contribution in [0.2, 0.25) is 0 Å². The first-order chi connectivity index (χ1) is 12.9. The summed E-state index contributed by atoms with van der Waals surface area (Å²) in [6, 6.07) is 8.30. The number of ether oxygens (including phenoxy) is 1. The SMILES string of the molecule is CCS(=O)(=O)N(C)CCCNC(=NC)N1CCOC(c2ccccc2C)C1.I. The predicted octanol–water partition coefficient (Wildman–Crippen LogP) is 2.23. The highest BCUT2D eigenvalue weighted by atomic mass is 127. The Labute approximate surface area is 186 Å². The second-order valence-electron chi connectivity index (χ2n) is 6.71. The van der Waals surface area contributed by atoms with Gasteiger partial charge in [0.2, 0.25) is 10.0 Å². The van der Waals surface area contributed by atoms with Gasteiger partial charge in [0.1, 0.15) is 6.10 Å². The van der Waals surface area contributed by atoms with Crippen LogP contribution in [-0.2, 0) is 14.8 Å². The highest BCUT2D eigenvalue weighted by Crippen LogP contribution is 2.24. The van der Waals surface area contributed by atoms with E-state index in [1.165, 1.54) is 15.4 Å². The highest BCUT2D eigenvalue weighted by Gasteiger charge is 2.25.